The monoisotopic (exact) mass is 432 g/mol. The number of halogens is 5. The van der Waals surface area contributed by atoms with Gasteiger partial charge in [-0.1, -0.05) is 0 Å². The summed E-state index contributed by atoms with van der Waals surface area (Å²) in [5, 5.41) is 10.7. The first-order valence-corrected chi connectivity index (χ1v) is 7.36. The Hall–Kier alpha value is -0.890. The number of pyridine rings is 1. The van der Waals surface area contributed by atoms with Gasteiger partial charge in [-0.05, 0) is 22.6 Å². The predicted molar refractivity (Wildman–Crippen MR) is 63.3 cm³/mol. The molecule has 0 saturated carbocycles. The van der Waals surface area contributed by atoms with Gasteiger partial charge in [-0.3, -0.25) is 10.1 Å². The summed E-state index contributed by atoms with van der Waals surface area (Å²) in [6.07, 6.45) is -5.13. The van der Waals surface area contributed by atoms with Crippen molar-refractivity contribution in [2.24, 2.45) is 0 Å². The van der Waals surface area contributed by atoms with Crippen molar-refractivity contribution in [2.75, 3.05) is 0 Å². The Morgan fingerprint density at radius 2 is 2.00 bits per heavy atom. The molecule has 106 valence electrons. The maximum atomic E-state index is 12.0. The van der Waals surface area contributed by atoms with Crippen molar-refractivity contribution < 1.29 is 31.2 Å². The van der Waals surface area contributed by atoms with Gasteiger partial charge < -0.3 is 4.74 Å². The van der Waals surface area contributed by atoms with Crippen molar-refractivity contribution in [1.82, 2.24) is 4.98 Å². The molecule has 0 saturated heterocycles. The van der Waals surface area contributed by atoms with E-state index in [2.05, 4.69) is 9.72 Å². The number of rotatable bonds is 3. The zero-order valence-electron chi connectivity index (χ0n) is 8.31. The van der Waals surface area contributed by atoms with E-state index in [9.17, 15) is 31.7 Å². The van der Waals surface area contributed by atoms with E-state index in [0.29, 0.717) is 0 Å². The molecule has 0 aliphatic rings. The highest BCUT2D eigenvalue weighted by molar-refractivity contribution is 14.1. The molecule has 1 heterocycles. The van der Waals surface area contributed by atoms with Crippen LogP contribution in [0.5, 0.6) is 5.88 Å². The topological polar surface area (TPSA) is 99.4 Å². The predicted octanol–water partition coefficient (Wildman–Crippen LogP) is 2.42. The quantitative estimate of drug-likeness (QED) is 0.239. The lowest BCUT2D eigenvalue weighted by Crippen LogP contribution is -2.18. The van der Waals surface area contributed by atoms with Crippen LogP contribution in [0.3, 0.4) is 0 Å². The molecular formula is C6HClF3IN2O5S. The maximum Gasteiger partial charge on any atom is 0.574 e. The van der Waals surface area contributed by atoms with Gasteiger partial charge in [0.1, 0.15) is 0 Å². The average Bonchev–Trinajstić information content (AvgIpc) is 2.11. The fourth-order valence-electron chi connectivity index (χ4n) is 0.986. The number of ether oxygens (including phenoxy) is 1. The van der Waals surface area contributed by atoms with E-state index in [0.717, 1.165) is 0 Å². The second-order valence-electron chi connectivity index (χ2n) is 2.84. The number of aromatic nitrogens is 1. The van der Waals surface area contributed by atoms with Gasteiger partial charge in [0.25, 0.3) is 9.05 Å². The first kappa shape index (κ1) is 16.2. The van der Waals surface area contributed by atoms with Gasteiger partial charge in [0.2, 0.25) is 5.88 Å². The highest BCUT2D eigenvalue weighted by atomic mass is 127. The van der Waals surface area contributed by atoms with Crippen molar-refractivity contribution in [3.63, 3.8) is 0 Å². The standard InChI is InChI=1S/C6HClF3IN2O5S/c7-19(16,17)2-1-3(18-6(8,9)10)12-5(11)4(2)13(14)15/h1H. The lowest BCUT2D eigenvalue weighted by Gasteiger charge is -2.09. The largest absolute Gasteiger partial charge is 0.574 e. The van der Waals surface area contributed by atoms with E-state index < -0.39 is 40.5 Å². The van der Waals surface area contributed by atoms with Gasteiger partial charge >= 0.3 is 12.0 Å². The molecule has 0 radical (unpaired) electrons. The van der Waals surface area contributed by atoms with E-state index in [1.165, 1.54) is 22.6 Å². The number of nitrogens with zero attached hydrogens (tertiary/aromatic N) is 2. The minimum atomic E-state index is -5.13. The zero-order chi connectivity index (χ0) is 15.0. The summed E-state index contributed by atoms with van der Waals surface area (Å²) >= 11 is 1.20. The van der Waals surface area contributed by atoms with E-state index in [1.54, 1.807) is 0 Å². The molecule has 0 aromatic carbocycles. The molecule has 0 spiro atoms. The van der Waals surface area contributed by atoms with E-state index >= 15 is 0 Å². The maximum absolute atomic E-state index is 12.0. The van der Waals surface area contributed by atoms with Crippen LogP contribution in [0.4, 0.5) is 18.9 Å². The van der Waals surface area contributed by atoms with Crippen molar-refractivity contribution in [3.05, 3.63) is 19.9 Å². The van der Waals surface area contributed by atoms with Crippen LogP contribution in [-0.4, -0.2) is 24.7 Å². The lowest BCUT2D eigenvalue weighted by atomic mass is 10.4. The summed E-state index contributed by atoms with van der Waals surface area (Å²) in [4.78, 5) is 11.5. The number of alkyl halides is 3. The van der Waals surface area contributed by atoms with E-state index in [1.807, 2.05) is 0 Å². The number of hydrogen-bond donors (Lipinski definition) is 0. The molecular weight excluding hydrogens is 431 g/mol. The number of hydrogen-bond acceptors (Lipinski definition) is 6. The van der Waals surface area contributed by atoms with Gasteiger partial charge in [0, 0.05) is 16.7 Å². The molecule has 1 aromatic heterocycles. The normalized spacial score (nSPS) is 12.3. The zero-order valence-corrected chi connectivity index (χ0v) is 12.0. The summed E-state index contributed by atoms with van der Waals surface area (Å²) in [6.45, 7) is 0. The average molecular weight is 433 g/mol. The molecule has 0 unspecified atom stereocenters. The third-order valence-corrected chi connectivity index (χ3v) is 3.64. The van der Waals surface area contributed by atoms with Crippen LogP contribution < -0.4 is 4.74 Å². The molecule has 7 nitrogen and oxygen atoms in total. The molecule has 0 N–H and O–H groups in total. The first-order chi connectivity index (χ1) is 8.42. The molecule has 19 heavy (non-hydrogen) atoms. The van der Waals surface area contributed by atoms with Crippen molar-refractivity contribution in [3.8, 4) is 5.88 Å². The van der Waals surface area contributed by atoms with E-state index in [-0.39, 0.29) is 6.07 Å². The van der Waals surface area contributed by atoms with Gasteiger partial charge in [-0.25, -0.2) is 8.42 Å². The third-order valence-electron chi connectivity index (χ3n) is 1.56. The molecule has 0 fully saturated rings. The Bertz CT molecular complexity index is 634. The Balaban J connectivity index is 3.53. The van der Waals surface area contributed by atoms with Crippen LogP contribution in [-0.2, 0) is 9.05 Å². The fourth-order valence-corrected chi connectivity index (χ4v) is 2.89. The second kappa shape index (κ2) is 5.24. The van der Waals surface area contributed by atoms with Crippen molar-refractivity contribution in [2.45, 2.75) is 11.3 Å². The summed E-state index contributed by atoms with van der Waals surface area (Å²) in [5.41, 5.74) is -1.02. The highest BCUT2D eigenvalue weighted by Gasteiger charge is 2.35. The van der Waals surface area contributed by atoms with Crippen LogP contribution >= 0.6 is 33.3 Å². The Morgan fingerprint density at radius 3 is 2.37 bits per heavy atom. The van der Waals surface area contributed by atoms with Crippen LogP contribution in [0, 0.1) is 13.8 Å². The third kappa shape index (κ3) is 4.31. The molecule has 1 aromatic rings. The number of nitro groups is 1. The molecule has 13 heteroatoms. The Morgan fingerprint density at radius 1 is 1.47 bits per heavy atom. The summed E-state index contributed by atoms with van der Waals surface area (Å²) in [5.74, 6) is -1.17. The van der Waals surface area contributed by atoms with E-state index in [4.69, 9.17) is 10.7 Å². The minimum absolute atomic E-state index is 0.232. The van der Waals surface area contributed by atoms with Gasteiger partial charge in [-0.15, -0.1) is 13.2 Å². The van der Waals surface area contributed by atoms with Crippen LogP contribution in [0.25, 0.3) is 0 Å². The minimum Gasteiger partial charge on any atom is -0.388 e. The summed E-state index contributed by atoms with van der Waals surface area (Å²) in [7, 11) is 0.282. The lowest BCUT2D eigenvalue weighted by molar-refractivity contribution is -0.389. The molecule has 0 bridgehead atoms. The molecule has 1 rings (SSSR count). The summed E-state index contributed by atoms with van der Waals surface area (Å²) < 4.78 is 61.0. The molecule has 0 aliphatic carbocycles. The molecule has 0 aliphatic heterocycles. The fraction of sp³-hybridized carbons (Fsp3) is 0.167. The first-order valence-electron chi connectivity index (χ1n) is 3.97. The highest BCUT2D eigenvalue weighted by Crippen LogP contribution is 2.34. The SMILES string of the molecule is O=[N+]([O-])c1c(S(=O)(=O)Cl)cc(OC(F)(F)F)nc1I. The van der Waals surface area contributed by atoms with Gasteiger partial charge in [-0.2, -0.15) is 4.98 Å². The summed E-state index contributed by atoms with van der Waals surface area (Å²) in [6, 6.07) is 0.232. The molecule has 0 amide bonds. The second-order valence-corrected chi connectivity index (χ2v) is 6.40. The molecule has 0 atom stereocenters. The van der Waals surface area contributed by atoms with Crippen molar-refractivity contribution >= 4 is 48.0 Å². The van der Waals surface area contributed by atoms with Gasteiger partial charge in [0.15, 0.2) is 8.60 Å². The smallest absolute Gasteiger partial charge is 0.388 e. The van der Waals surface area contributed by atoms with Gasteiger partial charge in [0.05, 0.1) is 4.92 Å². The Labute approximate surface area is 121 Å². The van der Waals surface area contributed by atoms with Crippen LogP contribution in [0.15, 0.2) is 11.0 Å². The van der Waals surface area contributed by atoms with Crippen LogP contribution in [0.1, 0.15) is 0 Å². The van der Waals surface area contributed by atoms with Crippen LogP contribution in [0.2, 0.25) is 0 Å². The van der Waals surface area contributed by atoms with Crippen molar-refractivity contribution in [1.29, 1.82) is 0 Å². The Kier molecular flexibility index (Phi) is 4.46.